The maximum absolute atomic E-state index is 13.2. The van der Waals surface area contributed by atoms with Gasteiger partial charge in [0.05, 0.1) is 10.1 Å². The van der Waals surface area contributed by atoms with Gasteiger partial charge in [0.2, 0.25) is 0 Å². The predicted octanol–water partition coefficient (Wildman–Crippen LogP) is 5.12. The molecule has 159 valence electrons. The highest BCUT2D eigenvalue weighted by Gasteiger charge is 2.39. The van der Waals surface area contributed by atoms with E-state index in [9.17, 15) is 8.42 Å². The van der Waals surface area contributed by atoms with Crippen LogP contribution in [0.3, 0.4) is 0 Å². The third kappa shape index (κ3) is 5.91. The first-order chi connectivity index (χ1) is 13.0. The van der Waals surface area contributed by atoms with Crippen LogP contribution in [0.25, 0.3) is 0 Å². The minimum absolute atomic E-state index is 0.182. The lowest BCUT2D eigenvalue weighted by molar-refractivity contribution is 0.121. The Balaban J connectivity index is 2.07. The summed E-state index contributed by atoms with van der Waals surface area (Å²) in [6, 6.07) is 8.80. The third-order valence-corrected chi connectivity index (χ3v) is 12.9. The zero-order valence-corrected chi connectivity index (χ0v) is 20.1. The predicted molar refractivity (Wildman–Crippen MR) is 118 cm³/mol. The molecule has 2 rings (SSSR count). The highest BCUT2D eigenvalue weighted by molar-refractivity contribution is 7.92. The lowest BCUT2D eigenvalue weighted by atomic mass is 9.80. The van der Waals surface area contributed by atoms with Crippen molar-refractivity contribution in [2.45, 2.75) is 68.3 Å². The average Bonchev–Trinajstić information content (AvgIpc) is 2.61. The summed E-state index contributed by atoms with van der Waals surface area (Å²) in [7, 11) is -3.46. The molecule has 1 saturated carbocycles. The third-order valence-electron chi connectivity index (χ3n) is 6.32. The molecule has 0 aromatic heterocycles. The fraction of sp³-hybridized carbons (Fsp3) is 0.682. The molecule has 28 heavy (non-hydrogen) atoms. The van der Waals surface area contributed by atoms with Crippen LogP contribution >= 0.6 is 0 Å². The summed E-state index contributed by atoms with van der Waals surface area (Å²) in [5, 5.41) is -0.275. The van der Waals surface area contributed by atoms with E-state index in [-0.39, 0.29) is 16.9 Å². The van der Waals surface area contributed by atoms with Crippen LogP contribution < -0.4 is 0 Å². The maximum atomic E-state index is 13.2. The summed E-state index contributed by atoms with van der Waals surface area (Å²) in [5.74, 6) is 0.499. The molecule has 1 aromatic rings. The van der Waals surface area contributed by atoms with Crippen molar-refractivity contribution in [3.8, 4) is 0 Å². The van der Waals surface area contributed by atoms with Gasteiger partial charge in [0.15, 0.2) is 18.2 Å². The molecule has 0 N–H and O–H groups in total. The molecule has 0 aliphatic heterocycles. The van der Waals surface area contributed by atoms with Gasteiger partial charge in [0.1, 0.15) is 0 Å². The molecule has 0 saturated heterocycles. The fourth-order valence-electron chi connectivity index (χ4n) is 3.60. The Labute approximate surface area is 173 Å². The van der Waals surface area contributed by atoms with E-state index in [1.165, 1.54) is 0 Å². The lowest BCUT2D eigenvalue weighted by Gasteiger charge is -2.38. The van der Waals surface area contributed by atoms with E-state index in [4.69, 9.17) is 9.16 Å². The maximum Gasteiger partial charge on any atom is 0.191 e. The van der Waals surface area contributed by atoms with Crippen molar-refractivity contribution in [3.05, 3.63) is 36.8 Å². The second-order valence-electron chi connectivity index (χ2n) is 9.54. The molecule has 0 heterocycles. The average molecular weight is 426 g/mol. The largest absolute Gasteiger partial charge is 0.417 e. The van der Waals surface area contributed by atoms with Gasteiger partial charge in [0.25, 0.3) is 0 Å². The lowest BCUT2D eigenvalue weighted by Crippen LogP contribution is -2.41. The number of sulfone groups is 1. The molecule has 1 aliphatic rings. The molecule has 1 fully saturated rings. The molecule has 4 nitrogen and oxygen atoms in total. The van der Waals surface area contributed by atoms with Crippen molar-refractivity contribution < 1.29 is 17.6 Å². The number of methoxy groups -OCH3 is 1. The minimum atomic E-state index is -3.37. The van der Waals surface area contributed by atoms with Gasteiger partial charge >= 0.3 is 0 Å². The summed E-state index contributed by atoms with van der Waals surface area (Å²) in [5.41, 5.74) is 0. The molecule has 1 radical (unpaired) electrons. The van der Waals surface area contributed by atoms with E-state index < -0.39 is 23.4 Å². The Bertz CT molecular complexity index is 710. The summed E-state index contributed by atoms with van der Waals surface area (Å²) < 4.78 is 38.0. The number of hydrogen-bond acceptors (Lipinski definition) is 4. The summed E-state index contributed by atoms with van der Waals surface area (Å²) in [6.07, 6.45) is 4.53. The highest BCUT2D eigenvalue weighted by atomic mass is 32.2. The van der Waals surface area contributed by atoms with Gasteiger partial charge in [0, 0.05) is 20.3 Å². The molecule has 3 atom stereocenters. The van der Waals surface area contributed by atoms with Gasteiger partial charge in [-0.1, -0.05) is 39.0 Å². The molecule has 1 aliphatic carbocycles. The summed E-state index contributed by atoms with van der Waals surface area (Å²) >= 11 is 0. The van der Waals surface area contributed by atoms with E-state index in [1.54, 1.807) is 31.4 Å². The first-order valence-corrected chi connectivity index (χ1v) is 14.7. The summed E-state index contributed by atoms with van der Waals surface area (Å²) in [4.78, 5) is 0.408. The van der Waals surface area contributed by atoms with E-state index in [1.807, 2.05) is 6.07 Å². The molecule has 6 heteroatoms. The van der Waals surface area contributed by atoms with Crippen LogP contribution in [0.1, 0.15) is 40.0 Å². The smallest absolute Gasteiger partial charge is 0.191 e. The van der Waals surface area contributed by atoms with E-state index in [2.05, 4.69) is 40.3 Å². The van der Waals surface area contributed by atoms with Crippen LogP contribution in [0, 0.1) is 18.3 Å². The van der Waals surface area contributed by atoms with Gasteiger partial charge in [-0.05, 0) is 67.8 Å². The van der Waals surface area contributed by atoms with Crippen molar-refractivity contribution in [1.82, 2.24) is 0 Å². The Morgan fingerprint density at radius 2 is 1.75 bits per heavy atom. The first-order valence-electron chi connectivity index (χ1n) is 10.2. The van der Waals surface area contributed by atoms with Crippen LogP contribution in [0.4, 0.5) is 0 Å². The van der Waals surface area contributed by atoms with Crippen LogP contribution in [-0.4, -0.2) is 42.3 Å². The quantitative estimate of drug-likeness (QED) is 0.543. The van der Waals surface area contributed by atoms with Crippen molar-refractivity contribution in [2.75, 3.05) is 20.3 Å². The molecule has 0 amide bonds. The van der Waals surface area contributed by atoms with Gasteiger partial charge < -0.3 is 9.16 Å². The Hall–Kier alpha value is -0.693. The SMILES string of the molecule is COCC1CC(CCO[Si](C)(C)C(C)(C)C)[CH][C@@H](S(=O)(=O)c2ccccc2)C1. The normalized spacial score (nSPS) is 24.3. The van der Waals surface area contributed by atoms with Crippen molar-refractivity contribution >= 4 is 18.2 Å². The second-order valence-corrected chi connectivity index (χ2v) is 16.5. The number of benzene rings is 1. The van der Waals surface area contributed by atoms with Crippen LogP contribution in [-0.2, 0) is 19.0 Å². The summed E-state index contributed by atoms with van der Waals surface area (Å²) in [6.45, 7) is 12.5. The molecule has 0 bridgehead atoms. The van der Waals surface area contributed by atoms with Gasteiger partial charge in [-0.15, -0.1) is 0 Å². The van der Waals surface area contributed by atoms with Crippen LogP contribution in [0.5, 0.6) is 0 Å². The highest BCUT2D eigenvalue weighted by Crippen LogP contribution is 2.39. The minimum Gasteiger partial charge on any atom is -0.417 e. The monoisotopic (exact) mass is 425 g/mol. The number of ether oxygens (including phenoxy) is 1. The van der Waals surface area contributed by atoms with Gasteiger partial charge in [-0.2, -0.15) is 0 Å². The Morgan fingerprint density at radius 1 is 1.11 bits per heavy atom. The number of hydrogen-bond donors (Lipinski definition) is 0. The fourth-order valence-corrected chi connectivity index (χ4v) is 6.50. The molecule has 2 unspecified atom stereocenters. The molecular weight excluding hydrogens is 388 g/mol. The Kier molecular flexibility index (Phi) is 7.93. The first kappa shape index (κ1) is 23.6. The number of rotatable bonds is 8. The van der Waals surface area contributed by atoms with E-state index >= 15 is 0 Å². The Morgan fingerprint density at radius 3 is 2.32 bits per heavy atom. The zero-order valence-electron chi connectivity index (χ0n) is 18.3. The second kappa shape index (κ2) is 9.41. The topological polar surface area (TPSA) is 52.6 Å². The van der Waals surface area contributed by atoms with E-state index in [0.717, 1.165) is 12.8 Å². The van der Waals surface area contributed by atoms with Crippen molar-refractivity contribution in [2.24, 2.45) is 11.8 Å². The van der Waals surface area contributed by atoms with Gasteiger partial charge in [-0.3, -0.25) is 0 Å². The zero-order chi connectivity index (χ0) is 21.0. The molecule has 1 aromatic carbocycles. The van der Waals surface area contributed by atoms with Crippen molar-refractivity contribution in [3.63, 3.8) is 0 Å². The molecule has 0 spiro atoms. The van der Waals surface area contributed by atoms with Gasteiger partial charge in [-0.25, -0.2) is 8.42 Å². The standard InChI is InChI=1S/C22H37O4SSi/c1-22(2,3)28(5,6)26-13-12-18-14-19(17-25-4)16-21(15-18)27(23,24)20-10-8-7-9-11-20/h7-11,15,18-19,21H,12-14,16-17H2,1-6H3/t18?,19?,21-/m1/s1. The van der Waals surface area contributed by atoms with Crippen LogP contribution in [0.2, 0.25) is 18.1 Å². The molecular formula is C22H37O4SSi. The van der Waals surface area contributed by atoms with E-state index in [0.29, 0.717) is 24.5 Å². The van der Waals surface area contributed by atoms with Crippen molar-refractivity contribution in [1.29, 1.82) is 0 Å². The van der Waals surface area contributed by atoms with Crippen LogP contribution in [0.15, 0.2) is 35.2 Å².